The van der Waals surface area contributed by atoms with Gasteiger partial charge in [-0.25, -0.2) is 4.79 Å². The minimum Gasteiger partial charge on any atom is -0.469 e. The molecule has 0 aliphatic carbocycles. The van der Waals surface area contributed by atoms with Crippen LogP contribution in [0.4, 0.5) is 5.69 Å². The second-order valence-electron chi connectivity index (χ2n) is 5.46. The number of rotatable bonds is 7. The number of benzene rings is 2. The first-order valence-corrected chi connectivity index (χ1v) is 8.05. The second-order valence-corrected chi connectivity index (χ2v) is 5.46. The molecule has 27 heavy (non-hydrogen) atoms. The molecule has 1 amide bonds. The first kappa shape index (κ1) is 19.8. The molecular formula is C19H20N2O6. The maximum Gasteiger partial charge on any atom is 0.341 e. The summed E-state index contributed by atoms with van der Waals surface area (Å²) in [5.74, 6) is -0.585. The van der Waals surface area contributed by atoms with Crippen molar-refractivity contribution in [3.63, 3.8) is 0 Å². The standard InChI is InChI=1S/C19H20N2O6/c1-25-17(22)9-10-21-18(23)12-3-6-14(7-4-12)27-16-8-5-13(20)11-15(16)19(24)26-2/h3-8,11H,9-10,20H2,1-2H3,(H,21,23). The maximum atomic E-state index is 12.0. The summed E-state index contributed by atoms with van der Waals surface area (Å²) in [4.78, 5) is 34.9. The Kier molecular flexibility index (Phi) is 6.76. The van der Waals surface area contributed by atoms with Gasteiger partial charge in [0.05, 0.1) is 20.6 Å². The lowest BCUT2D eigenvalue weighted by molar-refractivity contribution is -0.140. The summed E-state index contributed by atoms with van der Waals surface area (Å²) in [6.45, 7) is 0.178. The number of methoxy groups -OCH3 is 2. The van der Waals surface area contributed by atoms with Crippen molar-refractivity contribution < 1.29 is 28.6 Å². The van der Waals surface area contributed by atoms with Crippen LogP contribution >= 0.6 is 0 Å². The number of nitrogens with two attached hydrogens (primary N) is 1. The van der Waals surface area contributed by atoms with Crippen molar-refractivity contribution in [2.24, 2.45) is 0 Å². The van der Waals surface area contributed by atoms with Crippen LogP contribution in [0.1, 0.15) is 27.1 Å². The Balaban J connectivity index is 2.05. The highest BCUT2D eigenvalue weighted by molar-refractivity contribution is 5.95. The Morgan fingerprint density at radius 1 is 1.00 bits per heavy atom. The molecule has 2 aromatic rings. The van der Waals surface area contributed by atoms with Gasteiger partial charge in [-0.1, -0.05) is 0 Å². The van der Waals surface area contributed by atoms with Crippen LogP contribution in [0.3, 0.4) is 0 Å². The number of hydrogen-bond donors (Lipinski definition) is 2. The summed E-state index contributed by atoms with van der Waals surface area (Å²) in [5.41, 5.74) is 6.70. The molecule has 0 saturated carbocycles. The van der Waals surface area contributed by atoms with E-state index in [0.717, 1.165) is 0 Å². The summed E-state index contributed by atoms with van der Waals surface area (Å²) in [6, 6.07) is 10.9. The first-order valence-electron chi connectivity index (χ1n) is 8.05. The molecule has 0 unspecified atom stereocenters. The molecule has 0 saturated heterocycles. The van der Waals surface area contributed by atoms with Crippen molar-refractivity contribution in [3.05, 3.63) is 53.6 Å². The van der Waals surface area contributed by atoms with E-state index in [0.29, 0.717) is 17.0 Å². The highest BCUT2D eigenvalue weighted by atomic mass is 16.5. The zero-order chi connectivity index (χ0) is 19.8. The lowest BCUT2D eigenvalue weighted by Gasteiger charge is -2.11. The zero-order valence-corrected chi connectivity index (χ0v) is 15.0. The van der Waals surface area contributed by atoms with Crippen molar-refractivity contribution in [2.45, 2.75) is 6.42 Å². The molecule has 0 aliphatic rings. The Bertz CT molecular complexity index is 833. The van der Waals surface area contributed by atoms with Crippen molar-refractivity contribution in [1.29, 1.82) is 0 Å². The molecule has 0 aromatic heterocycles. The zero-order valence-electron chi connectivity index (χ0n) is 15.0. The number of carbonyl (C=O) groups is 3. The van der Waals surface area contributed by atoms with Gasteiger partial charge >= 0.3 is 11.9 Å². The number of hydrogen-bond acceptors (Lipinski definition) is 7. The molecule has 0 fully saturated rings. The highest BCUT2D eigenvalue weighted by Crippen LogP contribution is 2.28. The lowest BCUT2D eigenvalue weighted by Crippen LogP contribution is -2.26. The Morgan fingerprint density at radius 3 is 2.33 bits per heavy atom. The topological polar surface area (TPSA) is 117 Å². The summed E-state index contributed by atoms with van der Waals surface area (Å²) in [6.07, 6.45) is 0.0941. The van der Waals surface area contributed by atoms with E-state index in [2.05, 4.69) is 10.1 Å². The maximum absolute atomic E-state index is 12.0. The van der Waals surface area contributed by atoms with Crippen LogP contribution < -0.4 is 15.8 Å². The average molecular weight is 372 g/mol. The number of nitrogen functional groups attached to an aromatic ring is 1. The van der Waals surface area contributed by atoms with Gasteiger partial charge in [-0.05, 0) is 42.5 Å². The van der Waals surface area contributed by atoms with E-state index in [9.17, 15) is 14.4 Å². The number of amides is 1. The SMILES string of the molecule is COC(=O)CCNC(=O)c1ccc(Oc2ccc(N)cc2C(=O)OC)cc1. The van der Waals surface area contributed by atoms with Crippen molar-refractivity contribution >= 4 is 23.5 Å². The Morgan fingerprint density at radius 2 is 1.70 bits per heavy atom. The molecule has 2 rings (SSSR count). The van der Waals surface area contributed by atoms with Gasteiger partial charge in [0, 0.05) is 17.8 Å². The predicted octanol–water partition coefficient (Wildman–Crippen LogP) is 2.14. The molecule has 0 bridgehead atoms. The molecule has 0 heterocycles. The number of anilines is 1. The summed E-state index contributed by atoms with van der Waals surface area (Å²) < 4.78 is 14.9. The van der Waals surface area contributed by atoms with E-state index in [4.69, 9.17) is 15.2 Å². The van der Waals surface area contributed by atoms with E-state index < -0.39 is 11.9 Å². The molecule has 0 aliphatic heterocycles. The van der Waals surface area contributed by atoms with Crippen molar-refractivity contribution in [2.75, 3.05) is 26.5 Å². The third-order valence-electron chi connectivity index (χ3n) is 3.60. The molecule has 0 radical (unpaired) electrons. The van der Waals surface area contributed by atoms with Crippen LogP contribution in [0.2, 0.25) is 0 Å². The lowest BCUT2D eigenvalue weighted by atomic mass is 10.1. The average Bonchev–Trinajstić information content (AvgIpc) is 2.68. The van der Waals surface area contributed by atoms with Crippen LogP contribution in [0.5, 0.6) is 11.5 Å². The minimum atomic E-state index is -0.570. The van der Waals surface area contributed by atoms with Crippen LogP contribution in [0.15, 0.2) is 42.5 Å². The smallest absolute Gasteiger partial charge is 0.341 e. The van der Waals surface area contributed by atoms with E-state index in [1.165, 1.54) is 20.3 Å². The quantitative estimate of drug-likeness (QED) is 0.565. The summed E-state index contributed by atoms with van der Waals surface area (Å²) in [7, 11) is 2.55. The van der Waals surface area contributed by atoms with Crippen LogP contribution in [-0.2, 0) is 14.3 Å². The van der Waals surface area contributed by atoms with Gasteiger partial charge in [-0.3, -0.25) is 9.59 Å². The Labute approximate surface area is 156 Å². The third-order valence-corrected chi connectivity index (χ3v) is 3.60. The molecule has 3 N–H and O–H groups in total. The monoisotopic (exact) mass is 372 g/mol. The van der Waals surface area contributed by atoms with Gasteiger partial charge < -0.3 is 25.3 Å². The summed E-state index contributed by atoms with van der Waals surface area (Å²) in [5, 5.41) is 2.62. The van der Waals surface area contributed by atoms with Crippen LogP contribution in [0.25, 0.3) is 0 Å². The largest absolute Gasteiger partial charge is 0.469 e. The number of ether oxygens (including phenoxy) is 3. The normalized spacial score (nSPS) is 10.0. The minimum absolute atomic E-state index is 0.0941. The number of esters is 2. The fraction of sp³-hybridized carbons (Fsp3) is 0.211. The second kappa shape index (κ2) is 9.23. The predicted molar refractivity (Wildman–Crippen MR) is 97.7 cm³/mol. The van der Waals surface area contributed by atoms with Crippen molar-refractivity contribution in [3.8, 4) is 11.5 Å². The van der Waals surface area contributed by atoms with E-state index in [-0.39, 0.29) is 30.2 Å². The fourth-order valence-corrected chi connectivity index (χ4v) is 2.19. The highest BCUT2D eigenvalue weighted by Gasteiger charge is 2.15. The number of carbonyl (C=O) groups excluding carboxylic acids is 3. The Hall–Kier alpha value is -3.55. The van der Waals surface area contributed by atoms with Crippen LogP contribution in [-0.4, -0.2) is 38.6 Å². The van der Waals surface area contributed by atoms with Crippen LogP contribution in [0, 0.1) is 0 Å². The number of nitrogens with one attached hydrogen (secondary N) is 1. The molecular weight excluding hydrogens is 352 g/mol. The van der Waals surface area contributed by atoms with E-state index >= 15 is 0 Å². The molecule has 8 heteroatoms. The molecule has 0 atom stereocenters. The van der Waals surface area contributed by atoms with Gasteiger partial charge in [0.1, 0.15) is 17.1 Å². The molecule has 8 nitrogen and oxygen atoms in total. The van der Waals surface area contributed by atoms with Crippen molar-refractivity contribution in [1.82, 2.24) is 5.32 Å². The fourth-order valence-electron chi connectivity index (χ4n) is 2.19. The first-order chi connectivity index (χ1) is 12.9. The van der Waals surface area contributed by atoms with Gasteiger partial charge in [-0.15, -0.1) is 0 Å². The summed E-state index contributed by atoms with van der Waals surface area (Å²) >= 11 is 0. The molecule has 2 aromatic carbocycles. The van der Waals surface area contributed by atoms with Gasteiger partial charge in [0.25, 0.3) is 5.91 Å². The van der Waals surface area contributed by atoms with Gasteiger partial charge in [0.2, 0.25) is 0 Å². The van der Waals surface area contributed by atoms with Gasteiger partial charge in [-0.2, -0.15) is 0 Å². The van der Waals surface area contributed by atoms with Gasteiger partial charge in [0.15, 0.2) is 0 Å². The molecule has 0 spiro atoms. The third kappa shape index (κ3) is 5.46. The van der Waals surface area contributed by atoms with E-state index in [1.807, 2.05) is 0 Å². The molecule has 142 valence electrons. The van der Waals surface area contributed by atoms with E-state index in [1.54, 1.807) is 36.4 Å².